The van der Waals surface area contributed by atoms with Gasteiger partial charge in [-0.15, -0.1) is 0 Å². The summed E-state index contributed by atoms with van der Waals surface area (Å²) >= 11 is 0. The molecular formula is C12H14N2O2. The molecule has 0 fully saturated rings. The minimum Gasteiger partial charge on any atom is -0.494 e. The highest BCUT2D eigenvalue weighted by Gasteiger charge is 2.09. The molecule has 4 nitrogen and oxygen atoms in total. The molecule has 0 aliphatic rings. The van der Waals surface area contributed by atoms with Crippen LogP contribution in [0.3, 0.4) is 0 Å². The Morgan fingerprint density at radius 1 is 1.31 bits per heavy atom. The van der Waals surface area contributed by atoms with Gasteiger partial charge < -0.3 is 14.9 Å². The zero-order chi connectivity index (χ0) is 11.5. The Kier molecular flexibility index (Phi) is 2.81. The molecule has 2 rings (SSSR count). The first-order valence-corrected chi connectivity index (χ1v) is 5.17. The number of hydrogen-bond donors (Lipinski definition) is 1. The molecule has 0 amide bonds. The summed E-state index contributed by atoms with van der Waals surface area (Å²) in [6.07, 6.45) is 0. The molecule has 4 heteroatoms. The normalized spacial score (nSPS) is 10.4. The van der Waals surface area contributed by atoms with Gasteiger partial charge in [0.1, 0.15) is 5.75 Å². The van der Waals surface area contributed by atoms with E-state index in [1.807, 2.05) is 38.1 Å². The lowest BCUT2D eigenvalue weighted by Crippen LogP contribution is -1.90. The van der Waals surface area contributed by atoms with Crippen LogP contribution in [0.1, 0.15) is 12.6 Å². The second-order valence-corrected chi connectivity index (χ2v) is 3.42. The van der Waals surface area contributed by atoms with E-state index < -0.39 is 0 Å². The van der Waals surface area contributed by atoms with Gasteiger partial charge in [0, 0.05) is 5.56 Å². The van der Waals surface area contributed by atoms with Crippen molar-refractivity contribution in [3.05, 3.63) is 30.0 Å². The molecule has 1 aromatic carbocycles. The summed E-state index contributed by atoms with van der Waals surface area (Å²) in [5, 5.41) is 0. The number of nitrogen functional groups attached to an aromatic ring is 1. The first kappa shape index (κ1) is 10.5. The maximum atomic E-state index is 5.49. The molecule has 0 spiro atoms. The van der Waals surface area contributed by atoms with E-state index in [2.05, 4.69) is 4.98 Å². The summed E-state index contributed by atoms with van der Waals surface area (Å²) in [6.45, 7) is 4.48. The van der Waals surface area contributed by atoms with Gasteiger partial charge in [0.05, 0.1) is 12.3 Å². The van der Waals surface area contributed by atoms with E-state index in [9.17, 15) is 0 Å². The van der Waals surface area contributed by atoms with Gasteiger partial charge in [-0.05, 0) is 38.1 Å². The van der Waals surface area contributed by atoms with Crippen molar-refractivity contribution in [2.75, 3.05) is 12.3 Å². The maximum Gasteiger partial charge on any atom is 0.292 e. The quantitative estimate of drug-likeness (QED) is 0.860. The van der Waals surface area contributed by atoms with Crippen LogP contribution in [0.15, 0.2) is 28.7 Å². The second-order valence-electron chi connectivity index (χ2n) is 3.42. The van der Waals surface area contributed by atoms with Gasteiger partial charge in [-0.2, -0.15) is 4.98 Å². The topological polar surface area (TPSA) is 61.3 Å². The molecule has 0 aliphatic heterocycles. The van der Waals surface area contributed by atoms with Crippen LogP contribution in [-0.2, 0) is 0 Å². The molecule has 0 radical (unpaired) electrons. The number of aryl methyl sites for hydroxylation is 1. The second kappa shape index (κ2) is 4.26. The number of anilines is 1. The van der Waals surface area contributed by atoms with Crippen LogP contribution in [-0.4, -0.2) is 11.6 Å². The predicted molar refractivity (Wildman–Crippen MR) is 62.3 cm³/mol. The Balaban J connectivity index is 2.31. The van der Waals surface area contributed by atoms with E-state index in [4.69, 9.17) is 14.9 Å². The van der Waals surface area contributed by atoms with Gasteiger partial charge in [-0.25, -0.2) is 0 Å². The molecule has 84 valence electrons. The number of nitrogens with two attached hydrogens (primary N) is 1. The van der Waals surface area contributed by atoms with Crippen molar-refractivity contribution < 1.29 is 9.15 Å². The van der Waals surface area contributed by atoms with Crippen LogP contribution >= 0.6 is 0 Å². The number of benzene rings is 1. The van der Waals surface area contributed by atoms with Crippen LogP contribution in [0.2, 0.25) is 0 Å². The Morgan fingerprint density at radius 3 is 2.50 bits per heavy atom. The number of oxazole rings is 1. The highest BCUT2D eigenvalue weighted by Crippen LogP contribution is 2.26. The van der Waals surface area contributed by atoms with Crippen LogP contribution < -0.4 is 10.5 Å². The lowest BCUT2D eigenvalue weighted by Gasteiger charge is -2.03. The maximum absolute atomic E-state index is 5.49. The molecule has 2 N–H and O–H groups in total. The lowest BCUT2D eigenvalue weighted by atomic mass is 10.1. The van der Waals surface area contributed by atoms with Crippen molar-refractivity contribution >= 4 is 6.01 Å². The van der Waals surface area contributed by atoms with E-state index in [0.29, 0.717) is 12.4 Å². The monoisotopic (exact) mass is 218 g/mol. The number of nitrogens with zero attached hydrogens (tertiary/aromatic N) is 1. The smallest absolute Gasteiger partial charge is 0.292 e. The minimum atomic E-state index is 0.196. The summed E-state index contributed by atoms with van der Waals surface area (Å²) in [7, 11) is 0. The number of aromatic nitrogens is 1. The minimum absolute atomic E-state index is 0.196. The molecule has 0 unspecified atom stereocenters. The van der Waals surface area contributed by atoms with Gasteiger partial charge in [0.2, 0.25) is 0 Å². The van der Waals surface area contributed by atoms with E-state index in [1.165, 1.54) is 0 Å². The molecule has 0 atom stereocenters. The third kappa shape index (κ3) is 2.00. The average molecular weight is 218 g/mol. The number of hydrogen-bond acceptors (Lipinski definition) is 4. The summed E-state index contributed by atoms with van der Waals surface area (Å²) in [5.41, 5.74) is 7.23. The molecule has 1 heterocycles. The third-order valence-corrected chi connectivity index (χ3v) is 2.24. The molecular weight excluding hydrogens is 204 g/mol. The Bertz CT molecular complexity index is 474. The van der Waals surface area contributed by atoms with Gasteiger partial charge >= 0.3 is 0 Å². The first-order chi connectivity index (χ1) is 7.70. The van der Waals surface area contributed by atoms with Gasteiger partial charge in [-0.1, -0.05) is 0 Å². The fourth-order valence-corrected chi connectivity index (χ4v) is 1.55. The third-order valence-electron chi connectivity index (χ3n) is 2.24. The summed E-state index contributed by atoms with van der Waals surface area (Å²) < 4.78 is 10.7. The van der Waals surface area contributed by atoms with Crippen LogP contribution in [0.4, 0.5) is 6.01 Å². The first-order valence-electron chi connectivity index (χ1n) is 5.17. The van der Waals surface area contributed by atoms with Crippen LogP contribution in [0, 0.1) is 6.92 Å². The Hall–Kier alpha value is -1.97. The van der Waals surface area contributed by atoms with Gasteiger partial charge in [-0.3, -0.25) is 0 Å². The highest BCUT2D eigenvalue weighted by atomic mass is 16.5. The van der Waals surface area contributed by atoms with Gasteiger partial charge in [0.25, 0.3) is 6.01 Å². The molecule has 0 bridgehead atoms. The predicted octanol–water partition coefficient (Wildman–Crippen LogP) is 2.63. The summed E-state index contributed by atoms with van der Waals surface area (Å²) in [5.74, 6) is 1.55. The SMILES string of the molecule is CCOc1ccc(-c2oc(N)nc2C)cc1. The van der Waals surface area contributed by atoms with Crippen LogP contribution in [0.25, 0.3) is 11.3 Å². The molecule has 0 saturated carbocycles. The van der Waals surface area contributed by atoms with Crippen molar-refractivity contribution in [1.82, 2.24) is 4.98 Å². The number of ether oxygens (including phenoxy) is 1. The molecule has 0 aliphatic carbocycles. The Labute approximate surface area is 94.1 Å². The standard InChI is InChI=1S/C12H14N2O2/c1-3-15-10-6-4-9(5-7-10)11-8(2)14-12(13)16-11/h4-7H,3H2,1-2H3,(H2,13,14). The largest absolute Gasteiger partial charge is 0.494 e. The average Bonchev–Trinajstić information content (AvgIpc) is 2.59. The van der Waals surface area contributed by atoms with Crippen molar-refractivity contribution in [3.63, 3.8) is 0 Å². The Morgan fingerprint density at radius 2 is 2.00 bits per heavy atom. The van der Waals surface area contributed by atoms with Gasteiger partial charge in [0.15, 0.2) is 5.76 Å². The molecule has 0 saturated heterocycles. The molecule has 1 aromatic heterocycles. The van der Waals surface area contributed by atoms with Crippen molar-refractivity contribution in [2.45, 2.75) is 13.8 Å². The van der Waals surface area contributed by atoms with Crippen molar-refractivity contribution in [1.29, 1.82) is 0 Å². The fourth-order valence-electron chi connectivity index (χ4n) is 1.55. The van der Waals surface area contributed by atoms with E-state index >= 15 is 0 Å². The zero-order valence-corrected chi connectivity index (χ0v) is 9.36. The highest BCUT2D eigenvalue weighted by molar-refractivity contribution is 5.61. The van der Waals surface area contributed by atoms with Crippen LogP contribution in [0.5, 0.6) is 5.75 Å². The molecule has 2 aromatic rings. The zero-order valence-electron chi connectivity index (χ0n) is 9.36. The lowest BCUT2D eigenvalue weighted by molar-refractivity contribution is 0.340. The van der Waals surface area contributed by atoms with E-state index in [-0.39, 0.29) is 6.01 Å². The van der Waals surface area contributed by atoms with E-state index in [0.717, 1.165) is 17.0 Å². The van der Waals surface area contributed by atoms with E-state index in [1.54, 1.807) is 0 Å². The number of rotatable bonds is 3. The molecule has 16 heavy (non-hydrogen) atoms. The summed E-state index contributed by atoms with van der Waals surface area (Å²) in [6, 6.07) is 7.85. The fraction of sp³-hybridized carbons (Fsp3) is 0.250. The van der Waals surface area contributed by atoms with Crippen molar-refractivity contribution in [2.24, 2.45) is 0 Å². The summed E-state index contributed by atoms with van der Waals surface area (Å²) in [4.78, 5) is 4.03. The van der Waals surface area contributed by atoms with Crippen molar-refractivity contribution in [3.8, 4) is 17.1 Å².